The molecular weight excluding hydrogens is 487 g/mol. The Balaban J connectivity index is 1.66. The zero-order chi connectivity index (χ0) is 22.0. The standard InChI is InChI=1S/C21H20BrFN4O3S/c1-3-10-29-19(28)17-12(2)24-20-25-21(31-11-13-6-4-5-7-14(13)23)26-27(20)18(17)15-8-9-16(22)30-15/h4-9,18H,3,10-11H2,1-2H3,(H,24,25,26). The van der Waals surface area contributed by atoms with Crippen LogP contribution in [0.2, 0.25) is 0 Å². The summed E-state index contributed by atoms with van der Waals surface area (Å²) in [6, 6.07) is 9.49. The average Bonchev–Trinajstić information content (AvgIpc) is 3.36. The second-order valence-corrected chi connectivity index (χ2v) is 8.61. The van der Waals surface area contributed by atoms with Gasteiger partial charge in [0.15, 0.2) is 4.67 Å². The van der Waals surface area contributed by atoms with Crippen molar-refractivity contribution in [3.63, 3.8) is 0 Å². The van der Waals surface area contributed by atoms with Crippen molar-refractivity contribution in [2.75, 3.05) is 11.9 Å². The molecule has 0 aliphatic carbocycles. The molecule has 3 heterocycles. The van der Waals surface area contributed by atoms with Gasteiger partial charge in [0.1, 0.15) is 17.6 Å². The van der Waals surface area contributed by atoms with Crippen molar-refractivity contribution in [3.05, 3.63) is 69.5 Å². The van der Waals surface area contributed by atoms with Crippen LogP contribution in [-0.4, -0.2) is 27.3 Å². The van der Waals surface area contributed by atoms with E-state index in [1.807, 2.05) is 6.92 Å². The van der Waals surface area contributed by atoms with Gasteiger partial charge in [-0.25, -0.2) is 13.9 Å². The molecule has 1 aliphatic rings. The molecule has 2 aromatic heterocycles. The molecule has 1 aliphatic heterocycles. The Bertz CT molecular complexity index is 1140. The van der Waals surface area contributed by atoms with Crippen LogP contribution in [0.4, 0.5) is 10.3 Å². The number of hydrogen-bond acceptors (Lipinski definition) is 7. The smallest absolute Gasteiger partial charge is 0.338 e. The summed E-state index contributed by atoms with van der Waals surface area (Å²) in [5, 5.41) is 8.16. The van der Waals surface area contributed by atoms with Crippen molar-refractivity contribution in [3.8, 4) is 0 Å². The Kier molecular flexibility index (Phi) is 6.47. The lowest BCUT2D eigenvalue weighted by Crippen LogP contribution is -2.29. The highest BCUT2D eigenvalue weighted by Crippen LogP contribution is 2.38. The van der Waals surface area contributed by atoms with Crippen molar-refractivity contribution in [2.24, 2.45) is 0 Å². The van der Waals surface area contributed by atoms with Crippen LogP contribution >= 0.6 is 27.7 Å². The SMILES string of the molecule is CCCOC(=O)C1=C(C)Nc2nc(SCc3ccccc3F)nn2C1c1ccc(Br)o1. The van der Waals surface area contributed by atoms with E-state index in [4.69, 9.17) is 9.15 Å². The molecule has 10 heteroatoms. The summed E-state index contributed by atoms with van der Waals surface area (Å²) in [5.74, 6) is 0.663. The number of benzene rings is 1. The van der Waals surface area contributed by atoms with E-state index in [0.717, 1.165) is 0 Å². The van der Waals surface area contributed by atoms with E-state index >= 15 is 0 Å². The largest absolute Gasteiger partial charge is 0.462 e. The predicted molar refractivity (Wildman–Crippen MR) is 118 cm³/mol. The van der Waals surface area contributed by atoms with E-state index < -0.39 is 12.0 Å². The van der Waals surface area contributed by atoms with Crippen LogP contribution in [0.15, 0.2) is 61.9 Å². The number of hydrogen-bond donors (Lipinski definition) is 1. The number of carbonyl (C=O) groups is 1. The van der Waals surface area contributed by atoms with Crippen LogP contribution in [0.3, 0.4) is 0 Å². The molecule has 1 unspecified atom stereocenters. The third kappa shape index (κ3) is 4.54. The van der Waals surface area contributed by atoms with E-state index in [9.17, 15) is 9.18 Å². The number of rotatable bonds is 7. The number of thioether (sulfide) groups is 1. The van der Waals surface area contributed by atoms with Crippen molar-refractivity contribution < 1.29 is 18.3 Å². The number of nitrogens with zero attached hydrogens (tertiary/aromatic N) is 3. The maximum atomic E-state index is 14.0. The van der Waals surface area contributed by atoms with Gasteiger partial charge in [-0.05, 0) is 53.0 Å². The van der Waals surface area contributed by atoms with Crippen LogP contribution in [0, 0.1) is 5.82 Å². The number of halogens is 2. The van der Waals surface area contributed by atoms with Gasteiger partial charge < -0.3 is 14.5 Å². The lowest BCUT2D eigenvalue weighted by molar-refractivity contribution is -0.139. The second-order valence-electron chi connectivity index (χ2n) is 6.89. The van der Waals surface area contributed by atoms with Crippen molar-refractivity contribution in [1.29, 1.82) is 0 Å². The molecule has 162 valence electrons. The molecule has 31 heavy (non-hydrogen) atoms. The second kappa shape index (κ2) is 9.27. The lowest BCUT2D eigenvalue weighted by atomic mass is 10.0. The maximum absolute atomic E-state index is 14.0. The molecule has 0 bridgehead atoms. The van der Waals surface area contributed by atoms with Gasteiger partial charge in [0, 0.05) is 11.4 Å². The van der Waals surface area contributed by atoms with Crippen LogP contribution in [0.1, 0.15) is 37.6 Å². The predicted octanol–water partition coefficient (Wildman–Crippen LogP) is 5.31. The Morgan fingerprint density at radius 2 is 2.16 bits per heavy atom. The fraction of sp³-hybridized carbons (Fsp3) is 0.286. The summed E-state index contributed by atoms with van der Waals surface area (Å²) in [6.45, 7) is 4.04. The topological polar surface area (TPSA) is 82.2 Å². The minimum atomic E-state index is -0.637. The quantitative estimate of drug-likeness (QED) is 0.343. The van der Waals surface area contributed by atoms with Gasteiger partial charge in [-0.15, -0.1) is 5.10 Å². The Morgan fingerprint density at radius 1 is 1.35 bits per heavy atom. The van der Waals surface area contributed by atoms with E-state index in [1.54, 1.807) is 41.9 Å². The summed E-state index contributed by atoms with van der Waals surface area (Å²) in [4.78, 5) is 17.4. The third-order valence-electron chi connectivity index (χ3n) is 4.67. The first-order valence-electron chi connectivity index (χ1n) is 9.70. The molecule has 1 N–H and O–H groups in total. The van der Waals surface area contributed by atoms with Crippen molar-refractivity contribution >= 4 is 39.6 Å². The highest BCUT2D eigenvalue weighted by atomic mass is 79.9. The summed E-state index contributed by atoms with van der Waals surface area (Å²) < 4.78 is 27.3. The minimum absolute atomic E-state index is 0.270. The molecule has 0 saturated heterocycles. The van der Waals surface area contributed by atoms with Gasteiger partial charge in [0.2, 0.25) is 11.1 Å². The van der Waals surface area contributed by atoms with Crippen LogP contribution in [0.5, 0.6) is 0 Å². The Labute approximate surface area is 191 Å². The molecule has 1 atom stereocenters. The molecule has 0 radical (unpaired) electrons. The molecule has 0 amide bonds. The van der Waals surface area contributed by atoms with E-state index in [0.29, 0.717) is 57.1 Å². The number of carbonyl (C=O) groups excluding carboxylic acids is 1. The molecular formula is C21H20BrFN4O3S. The number of esters is 1. The molecule has 3 aromatic rings. The first-order chi connectivity index (χ1) is 15.0. The summed E-state index contributed by atoms with van der Waals surface area (Å²) in [7, 11) is 0. The molecule has 0 saturated carbocycles. The zero-order valence-corrected chi connectivity index (χ0v) is 19.3. The van der Waals surface area contributed by atoms with Crippen LogP contribution in [-0.2, 0) is 15.3 Å². The maximum Gasteiger partial charge on any atom is 0.338 e. The third-order valence-corrected chi connectivity index (χ3v) is 5.98. The number of allylic oxidation sites excluding steroid dienone is 1. The number of aromatic nitrogens is 3. The number of anilines is 1. The summed E-state index contributed by atoms with van der Waals surface area (Å²) in [5.41, 5.74) is 1.58. The average molecular weight is 507 g/mol. The number of nitrogens with one attached hydrogen (secondary N) is 1. The number of fused-ring (bicyclic) bond motifs is 1. The molecule has 1 aromatic carbocycles. The van der Waals surface area contributed by atoms with Gasteiger partial charge in [-0.1, -0.05) is 36.9 Å². The van der Waals surface area contributed by atoms with Gasteiger partial charge in [0.25, 0.3) is 0 Å². The molecule has 0 fully saturated rings. The van der Waals surface area contributed by atoms with E-state index in [2.05, 4.69) is 31.3 Å². The number of ether oxygens (including phenoxy) is 1. The summed E-state index contributed by atoms with van der Waals surface area (Å²) >= 11 is 4.63. The molecule has 7 nitrogen and oxygen atoms in total. The number of furan rings is 1. The van der Waals surface area contributed by atoms with Gasteiger partial charge in [-0.3, -0.25) is 0 Å². The Hall–Kier alpha value is -2.59. The highest BCUT2D eigenvalue weighted by Gasteiger charge is 2.37. The fourth-order valence-corrected chi connectivity index (χ4v) is 4.36. The van der Waals surface area contributed by atoms with Gasteiger partial charge in [0.05, 0.1) is 12.2 Å². The zero-order valence-electron chi connectivity index (χ0n) is 16.9. The van der Waals surface area contributed by atoms with E-state index in [1.165, 1.54) is 17.8 Å². The molecule has 4 rings (SSSR count). The van der Waals surface area contributed by atoms with Crippen molar-refractivity contribution in [2.45, 2.75) is 37.2 Å². The fourth-order valence-electron chi connectivity index (χ4n) is 3.23. The highest BCUT2D eigenvalue weighted by molar-refractivity contribution is 9.10. The first kappa shape index (κ1) is 21.6. The van der Waals surface area contributed by atoms with Gasteiger partial charge >= 0.3 is 5.97 Å². The van der Waals surface area contributed by atoms with Gasteiger partial charge in [-0.2, -0.15) is 4.98 Å². The van der Waals surface area contributed by atoms with E-state index in [-0.39, 0.29) is 5.82 Å². The normalized spacial score (nSPS) is 15.5. The lowest BCUT2D eigenvalue weighted by Gasteiger charge is -2.26. The van der Waals surface area contributed by atoms with Crippen LogP contribution < -0.4 is 5.32 Å². The first-order valence-corrected chi connectivity index (χ1v) is 11.5. The molecule has 0 spiro atoms. The van der Waals surface area contributed by atoms with Crippen LogP contribution in [0.25, 0.3) is 0 Å². The summed E-state index contributed by atoms with van der Waals surface area (Å²) in [6.07, 6.45) is 0.716. The Morgan fingerprint density at radius 3 is 2.87 bits per heavy atom. The minimum Gasteiger partial charge on any atom is -0.462 e. The monoisotopic (exact) mass is 506 g/mol. The van der Waals surface area contributed by atoms with Crippen molar-refractivity contribution in [1.82, 2.24) is 14.8 Å².